The standard InChI is InChI=1S/C14H11Cl2NO2/c1-3-19-8(2)14(18)12-11(16)5-4-9-6-10(15)7-17-13(9)12/h4-7H,2-3H2,1H3. The second-order valence-electron chi connectivity index (χ2n) is 3.83. The zero-order valence-electron chi connectivity index (χ0n) is 10.2. The Kier molecular flexibility index (Phi) is 4.08. The molecule has 0 aliphatic rings. The van der Waals surface area contributed by atoms with Crippen molar-refractivity contribution < 1.29 is 9.53 Å². The van der Waals surface area contributed by atoms with Crippen LogP contribution in [0.15, 0.2) is 36.7 Å². The van der Waals surface area contributed by atoms with Crippen LogP contribution in [0.4, 0.5) is 0 Å². The van der Waals surface area contributed by atoms with Gasteiger partial charge in [0, 0.05) is 11.6 Å². The minimum Gasteiger partial charge on any atom is -0.490 e. The van der Waals surface area contributed by atoms with Gasteiger partial charge in [-0.25, -0.2) is 0 Å². The predicted octanol–water partition coefficient (Wildman–Crippen LogP) is 4.27. The highest BCUT2D eigenvalue weighted by molar-refractivity contribution is 6.37. The molecule has 0 N–H and O–H groups in total. The number of fused-ring (bicyclic) bond motifs is 1. The van der Waals surface area contributed by atoms with Crippen molar-refractivity contribution in [1.82, 2.24) is 4.98 Å². The molecule has 98 valence electrons. The smallest absolute Gasteiger partial charge is 0.230 e. The molecule has 0 saturated heterocycles. The maximum atomic E-state index is 12.3. The van der Waals surface area contributed by atoms with Gasteiger partial charge in [0.05, 0.1) is 27.7 Å². The highest BCUT2D eigenvalue weighted by Gasteiger charge is 2.19. The number of nitrogens with zero attached hydrogens (tertiary/aromatic N) is 1. The molecule has 2 aromatic rings. The van der Waals surface area contributed by atoms with Crippen LogP contribution in [0, 0.1) is 0 Å². The van der Waals surface area contributed by atoms with E-state index in [9.17, 15) is 4.79 Å². The van der Waals surface area contributed by atoms with E-state index in [0.29, 0.717) is 22.2 Å². The molecular weight excluding hydrogens is 285 g/mol. The van der Waals surface area contributed by atoms with Gasteiger partial charge in [0.1, 0.15) is 0 Å². The molecule has 3 nitrogen and oxygen atoms in total. The third-order valence-corrected chi connectivity index (χ3v) is 3.09. The summed E-state index contributed by atoms with van der Waals surface area (Å²) in [7, 11) is 0. The highest BCUT2D eigenvalue weighted by atomic mass is 35.5. The van der Waals surface area contributed by atoms with Crippen LogP contribution in [0.25, 0.3) is 10.9 Å². The summed E-state index contributed by atoms with van der Waals surface area (Å²) in [5.74, 6) is -0.319. The summed E-state index contributed by atoms with van der Waals surface area (Å²) in [6.45, 7) is 5.75. The number of rotatable bonds is 4. The first-order chi connectivity index (χ1) is 9.04. The molecule has 19 heavy (non-hydrogen) atoms. The SMILES string of the molecule is C=C(OCC)C(=O)c1c(Cl)ccc2cc(Cl)cnc12. The van der Waals surface area contributed by atoms with E-state index in [1.807, 2.05) is 0 Å². The molecule has 0 aliphatic heterocycles. The summed E-state index contributed by atoms with van der Waals surface area (Å²) in [5, 5.41) is 1.55. The fourth-order valence-corrected chi connectivity index (χ4v) is 2.15. The molecule has 0 atom stereocenters. The lowest BCUT2D eigenvalue weighted by atomic mass is 10.0. The van der Waals surface area contributed by atoms with Gasteiger partial charge in [-0.05, 0) is 19.1 Å². The summed E-state index contributed by atoms with van der Waals surface area (Å²) < 4.78 is 5.13. The lowest BCUT2D eigenvalue weighted by Gasteiger charge is -2.09. The second kappa shape index (κ2) is 5.59. The molecule has 0 fully saturated rings. The number of aromatic nitrogens is 1. The van der Waals surface area contributed by atoms with E-state index in [1.165, 1.54) is 6.20 Å². The van der Waals surface area contributed by atoms with Gasteiger partial charge < -0.3 is 4.74 Å². The first-order valence-electron chi connectivity index (χ1n) is 5.64. The van der Waals surface area contributed by atoms with Gasteiger partial charge in [0.2, 0.25) is 5.78 Å². The van der Waals surface area contributed by atoms with E-state index in [1.54, 1.807) is 25.1 Å². The van der Waals surface area contributed by atoms with Gasteiger partial charge in [-0.15, -0.1) is 0 Å². The monoisotopic (exact) mass is 295 g/mol. The number of pyridine rings is 1. The molecular formula is C14H11Cl2NO2. The summed E-state index contributed by atoms with van der Waals surface area (Å²) >= 11 is 12.0. The largest absolute Gasteiger partial charge is 0.490 e. The van der Waals surface area contributed by atoms with Gasteiger partial charge >= 0.3 is 0 Å². The number of carbonyl (C=O) groups is 1. The summed E-state index contributed by atoms with van der Waals surface area (Å²) in [6.07, 6.45) is 1.47. The average molecular weight is 296 g/mol. The van der Waals surface area contributed by atoms with Crippen molar-refractivity contribution in [3.63, 3.8) is 0 Å². The number of Topliss-reactive ketones (excluding diaryl/α,β-unsaturated/α-hetero) is 1. The summed E-state index contributed by atoms with van der Waals surface area (Å²) in [4.78, 5) is 16.4. The van der Waals surface area contributed by atoms with E-state index >= 15 is 0 Å². The van der Waals surface area contributed by atoms with Crippen molar-refractivity contribution in [2.45, 2.75) is 6.92 Å². The van der Waals surface area contributed by atoms with Crippen LogP contribution in [0.1, 0.15) is 17.3 Å². The van der Waals surface area contributed by atoms with Gasteiger partial charge in [-0.2, -0.15) is 0 Å². The maximum Gasteiger partial charge on any atom is 0.230 e. The molecule has 0 radical (unpaired) electrons. The van der Waals surface area contributed by atoms with Crippen molar-refractivity contribution in [3.05, 3.63) is 52.3 Å². The number of allylic oxidation sites excluding steroid dienone is 1. The maximum absolute atomic E-state index is 12.3. The van der Waals surface area contributed by atoms with E-state index < -0.39 is 0 Å². The molecule has 0 spiro atoms. The lowest BCUT2D eigenvalue weighted by molar-refractivity contribution is 0.0930. The quantitative estimate of drug-likeness (QED) is 0.480. The second-order valence-corrected chi connectivity index (χ2v) is 4.68. The van der Waals surface area contributed by atoms with Crippen LogP contribution >= 0.6 is 23.2 Å². The number of halogens is 2. The van der Waals surface area contributed by atoms with Crippen LogP contribution in [0.3, 0.4) is 0 Å². The molecule has 0 saturated carbocycles. The summed E-state index contributed by atoms with van der Waals surface area (Å²) in [5.41, 5.74) is 0.775. The Morgan fingerprint density at radius 1 is 1.42 bits per heavy atom. The average Bonchev–Trinajstić information content (AvgIpc) is 2.38. The number of carbonyl (C=O) groups excluding carboxylic acids is 1. The van der Waals surface area contributed by atoms with E-state index in [-0.39, 0.29) is 17.1 Å². The predicted molar refractivity (Wildman–Crippen MR) is 76.9 cm³/mol. The third-order valence-electron chi connectivity index (χ3n) is 2.57. The number of hydrogen-bond donors (Lipinski definition) is 0. The van der Waals surface area contributed by atoms with Crippen molar-refractivity contribution in [3.8, 4) is 0 Å². The topological polar surface area (TPSA) is 39.2 Å². The first kappa shape index (κ1) is 13.8. The Hall–Kier alpha value is -1.58. The van der Waals surface area contributed by atoms with Crippen LogP contribution < -0.4 is 0 Å². The zero-order valence-corrected chi connectivity index (χ0v) is 11.8. The molecule has 1 aromatic heterocycles. The van der Waals surface area contributed by atoms with Crippen LogP contribution in [-0.4, -0.2) is 17.4 Å². The molecule has 5 heteroatoms. The Labute approximate surface area is 120 Å². The number of benzene rings is 1. The number of ketones is 1. The summed E-state index contributed by atoms with van der Waals surface area (Å²) in [6, 6.07) is 5.12. The Balaban J connectivity index is 2.61. The van der Waals surface area contributed by atoms with E-state index in [2.05, 4.69) is 11.6 Å². The van der Waals surface area contributed by atoms with Gasteiger partial charge in [0.15, 0.2) is 5.76 Å². The Morgan fingerprint density at radius 2 is 2.16 bits per heavy atom. The van der Waals surface area contributed by atoms with Crippen LogP contribution in [-0.2, 0) is 4.74 Å². The fraction of sp³-hybridized carbons (Fsp3) is 0.143. The van der Waals surface area contributed by atoms with Crippen molar-refractivity contribution in [2.24, 2.45) is 0 Å². The molecule has 1 aromatic carbocycles. The molecule has 2 rings (SSSR count). The normalized spacial score (nSPS) is 10.5. The highest BCUT2D eigenvalue weighted by Crippen LogP contribution is 2.28. The van der Waals surface area contributed by atoms with E-state index in [4.69, 9.17) is 27.9 Å². The van der Waals surface area contributed by atoms with Gasteiger partial charge in [-0.3, -0.25) is 9.78 Å². The molecule has 1 heterocycles. The molecule has 0 amide bonds. The number of hydrogen-bond acceptors (Lipinski definition) is 3. The first-order valence-corrected chi connectivity index (χ1v) is 6.40. The molecule has 0 aliphatic carbocycles. The molecule has 0 bridgehead atoms. The van der Waals surface area contributed by atoms with Crippen molar-refractivity contribution >= 4 is 39.9 Å². The van der Waals surface area contributed by atoms with Crippen molar-refractivity contribution in [1.29, 1.82) is 0 Å². The fourth-order valence-electron chi connectivity index (χ4n) is 1.75. The lowest BCUT2D eigenvalue weighted by Crippen LogP contribution is -2.08. The Bertz CT molecular complexity index is 668. The third kappa shape index (κ3) is 2.72. The zero-order chi connectivity index (χ0) is 14.0. The molecule has 0 unspecified atom stereocenters. The van der Waals surface area contributed by atoms with Crippen LogP contribution in [0.5, 0.6) is 0 Å². The van der Waals surface area contributed by atoms with Crippen LogP contribution in [0.2, 0.25) is 10.0 Å². The van der Waals surface area contributed by atoms with Crippen molar-refractivity contribution in [2.75, 3.05) is 6.61 Å². The van der Waals surface area contributed by atoms with Gasteiger partial charge in [0.25, 0.3) is 0 Å². The number of ether oxygens (including phenoxy) is 1. The van der Waals surface area contributed by atoms with Gasteiger partial charge in [-0.1, -0.05) is 35.8 Å². The van der Waals surface area contributed by atoms with E-state index in [0.717, 1.165) is 5.39 Å². The minimum absolute atomic E-state index is 0.0497. The minimum atomic E-state index is -0.368. The Morgan fingerprint density at radius 3 is 2.84 bits per heavy atom.